The molecular weight excluding hydrogens is 342 g/mol. The first kappa shape index (κ1) is 18.6. The third kappa shape index (κ3) is 4.16. The number of fused-ring (bicyclic) bond motifs is 1. The maximum Gasteiger partial charge on any atom is 0.230 e. The topological polar surface area (TPSA) is 84.2 Å². The number of anilines is 2. The number of nitrogens with one attached hydrogen (secondary N) is 2. The van der Waals surface area contributed by atoms with Crippen LogP contribution >= 0.6 is 0 Å². The van der Waals surface area contributed by atoms with Crippen molar-refractivity contribution in [2.24, 2.45) is 0 Å². The number of rotatable bonds is 5. The van der Waals surface area contributed by atoms with Crippen molar-refractivity contribution in [1.82, 2.24) is 5.16 Å². The first-order valence-corrected chi connectivity index (χ1v) is 8.93. The summed E-state index contributed by atoms with van der Waals surface area (Å²) in [4.78, 5) is 23.9. The van der Waals surface area contributed by atoms with Gasteiger partial charge < -0.3 is 15.2 Å². The molecule has 0 spiro atoms. The van der Waals surface area contributed by atoms with Gasteiger partial charge in [0, 0.05) is 23.7 Å². The lowest BCUT2D eigenvalue weighted by Gasteiger charge is -2.12. The summed E-state index contributed by atoms with van der Waals surface area (Å²) in [6, 6.07) is 9.43. The highest BCUT2D eigenvalue weighted by molar-refractivity contribution is 5.96. The second-order valence-corrected chi connectivity index (χ2v) is 6.69. The van der Waals surface area contributed by atoms with E-state index in [0.29, 0.717) is 22.7 Å². The van der Waals surface area contributed by atoms with Crippen molar-refractivity contribution < 1.29 is 14.1 Å². The molecule has 6 heteroatoms. The number of carbonyl (C=O) groups is 2. The summed E-state index contributed by atoms with van der Waals surface area (Å²) >= 11 is 0. The van der Waals surface area contributed by atoms with Gasteiger partial charge in [0.1, 0.15) is 5.69 Å². The normalized spacial score (nSPS) is 10.8. The molecule has 2 amide bonds. The molecule has 0 aliphatic heterocycles. The Kier molecular flexibility index (Phi) is 5.26. The average Bonchev–Trinajstić information content (AvgIpc) is 2.96. The SMILES string of the molecule is CCc1ccc(NC(C)=O)cc1NC(=O)Cc1noc2cc(C)c(C)cc12. The Balaban J connectivity index is 1.82. The van der Waals surface area contributed by atoms with Gasteiger partial charge in [0.2, 0.25) is 11.8 Å². The minimum Gasteiger partial charge on any atom is -0.356 e. The molecule has 0 saturated heterocycles. The van der Waals surface area contributed by atoms with Gasteiger partial charge in [0.05, 0.1) is 6.42 Å². The molecule has 3 aromatic rings. The average molecular weight is 365 g/mol. The van der Waals surface area contributed by atoms with E-state index in [9.17, 15) is 9.59 Å². The van der Waals surface area contributed by atoms with Crippen LogP contribution in [0.2, 0.25) is 0 Å². The zero-order chi connectivity index (χ0) is 19.6. The molecule has 0 fully saturated rings. The quantitative estimate of drug-likeness (QED) is 0.711. The molecule has 1 aromatic heterocycles. The van der Waals surface area contributed by atoms with E-state index in [4.69, 9.17) is 4.52 Å². The van der Waals surface area contributed by atoms with Crippen LogP contribution in [0.4, 0.5) is 11.4 Å². The molecular formula is C21H23N3O3. The smallest absolute Gasteiger partial charge is 0.230 e. The molecule has 0 bridgehead atoms. The third-order valence-electron chi connectivity index (χ3n) is 4.57. The number of benzene rings is 2. The number of amides is 2. The van der Waals surface area contributed by atoms with Crippen molar-refractivity contribution in [3.8, 4) is 0 Å². The summed E-state index contributed by atoms with van der Waals surface area (Å²) in [6.45, 7) is 7.50. The lowest BCUT2D eigenvalue weighted by atomic mass is 10.1. The number of aryl methyl sites for hydroxylation is 3. The Hall–Kier alpha value is -3.15. The monoisotopic (exact) mass is 365 g/mol. The van der Waals surface area contributed by atoms with Gasteiger partial charge in [-0.25, -0.2) is 0 Å². The Labute approximate surface area is 157 Å². The second kappa shape index (κ2) is 7.61. The summed E-state index contributed by atoms with van der Waals surface area (Å²) < 4.78 is 5.37. The van der Waals surface area contributed by atoms with E-state index in [1.54, 1.807) is 6.07 Å². The molecule has 27 heavy (non-hydrogen) atoms. The van der Waals surface area contributed by atoms with Crippen LogP contribution in [0.3, 0.4) is 0 Å². The van der Waals surface area contributed by atoms with Gasteiger partial charge in [-0.3, -0.25) is 9.59 Å². The van der Waals surface area contributed by atoms with Crippen molar-refractivity contribution >= 4 is 34.2 Å². The van der Waals surface area contributed by atoms with E-state index in [1.165, 1.54) is 6.92 Å². The zero-order valence-corrected chi connectivity index (χ0v) is 16.0. The maximum atomic E-state index is 12.6. The lowest BCUT2D eigenvalue weighted by molar-refractivity contribution is -0.116. The number of carbonyl (C=O) groups excluding carboxylic acids is 2. The van der Waals surface area contributed by atoms with Crippen LogP contribution in [-0.4, -0.2) is 17.0 Å². The van der Waals surface area contributed by atoms with Crippen LogP contribution in [0.5, 0.6) is 0 Å². The van der Waals surface area contributed by atoms with E-state index in [1.807, 2.05) is 45.0 Å². The van der Waals surface area contributed by atoms with Crippen molar-refractivity contribution in [2.75, 3.05) is 10.6 Å². The number of nitrogens with zero attached hydrogens (tertiary/aromatic N) is 1. The minimum absolute atomic E-state index is 0.114. The Bertz CT molecular complexity index is 1020. The van der Waals surface area contributed by atoms with E-state index >= 15 is 0 Å². The molecule has 1 heterocycles. The minimum atomic E-state index is -0.182. The number of aromatic nitrogens is 1. The van der Waals surface area contributed by atoms with Gasteiger partial charge >= 0.3 is 0 Å². The molecule has 0 aliphatic rings. The molecule has 0 unspecified atom stereocenters. The number of hydrogen-bond acceptors (Lipinski definition) is 4. The zero-order valence-electron chi connectivity index (χ0n) is 16.0. The largest absolute Gasteiger partial charge is 0.356 e. The van der Waals surface area contributed by atoms with Crippen molar-refractivity contribution in [2.45, 2.75) is 40.5 Å². The Morgan fingerprint density at radius 1 is 1.07 bits per heavy atom. The van der Waals surface area contributed by atoms with E-state index in [0.717, 1.165) is 28.5 Å². The second-order valence-electron chi connectivity index (χ2n) is 6.69. The van der Waals surface area contributed by atoms with Gasteiger partial charge in [-0.05, 0) is 61.2 Å². The van der Waals surface area contributed by atoms with Crippen molar-refractivity contribution in [3.63, 3.8) is 0 Å². The molecule has 140 valence electrons. The molecule has 6 nitrogen and oxygen atoms in total. The third-order valence-corrected chi connectivity index (χ3v) is 4.57. The summed E-state index contributed by atoms with van der Waals surface area (Å²) in [5, 5.41) is 10.6. The number of hydrogen-bond donors (Lipinski definition) is 2. The van der Waals surface area contributed by atoms with Crippen molar-refractivity contribution in [1.29, 1.82) is 0 Å². The molecule has 2 aromatic carbocycles. The highest BCUT2D eigenvalue weighted by Gasteiger charge is 2.15. The maximum absolute atomic E-state index is 12.6. The molecule has 0 atom stereocenters. The first-order valence-electron chi connectivity index (χ1n) is 8.93. The Morgan fingerprint density at radius 3 is 2.52 bits per heavy atom. The standard InChI is InChI=1S/C21H23N3O3/c1-5-15-6-7-16(22-14(4)25)10-18(15)23-21(26)11-19-17-8-12(2)13(3)9-20(17)27-24-19/h6-10H,5,11H2,1-4H3,(H,22,25)(H,23,26). The van der Waals surface area contributed by atoms with Crippen LogP contribution in [-0.2, 0) is 22.4 Å². The lowest BCUT2D eigenvalue weighted by Crippen LogP contribution is -2.16. The summed E-state index contributed by atoms with van der Waals surface area (Å²) in [7, 11) is 0. The Morgan fingerprint density at radius 2 is 1.81 bits per heavy atom. The van der Waals surface area contributed by atoms with Gasteiger partial charge in [-0.2, -0.15) is 0 Å². The van der Waals surface area contributed by atoms with Gasteiger partial charge in [-0.15, -0.1) is 0 Å². The van der Waals surface area contributed by atoms with Crippen LogP contribution in [0.1, 0.15) is 36.2 Å². The predicted octanol–water partition coefficient (Wildman–Crippen LogP) is 4.15. The van der Waals surface area contributed by atoms with E-state index in [2.05, 4.69) is 15.8 Å². The fourth-order valence-electron chi connectivity index (χ4n) is 3.00. The molecule has 0 radical (unpaired) electrons. The highest BCUT2D eigenvalue weighted by atomic mass is 16.5. The van der Waals surface area contributed by atoms with Gasteiger partial charge in [0.25, 0.3) is 0 Å². The highest BCUT2D eigenvalue weighted by Crippen LogP contribution is 2.25. The van der Waals surface area contributed by atoms with Crippen LogP contribution < -0.4 is 10.6 Å². The summed E-state index contributed by atoms with van der Waals surface area (Å²) in [5.41, 5.74) is 5.88. The predicted molar refractivity (Wildman–Crippen MR) is 106 cm³/mol. The molecule has 2 N–H and O–H groups in total. The van der Waals surface area contributed by atoms with Crippen LogP contribution in [0.25, 0.3) is 11.0 Å². The fraction of sp³-hybridized carbons (Fsp3) is 0.286. The van der Waals surface area contributed by atoms with Crippen LogP contribution in [0.15, 0.2) is 34.9 Å². The van der Waals surface area contributed by atoms with Crippen molar-refractivity contribution in [3.05, 3.63) is 52.7 Å². The van der Waals surface area contributed by atoms with E-state index < -0.39 is 0 Å². The summed E-state index contributed by atoms with van der Waals surface area (Å²) in [6.07, 6.45) is 0.879. The molecule has 0 aliphatic carbocycles. The molecule has 0 saturated carbocycles. The first-order chi connectivity index (χ1) is 12.9. The van der Waals surface area contributed by atoms with Gasteiger partial charge in [-0.1, -0.05) is 18.1 Å². The van der Waals surface area contributed by atoms with Gasteiger partial charge in [0.15, 0.2) is 5.58 Å². The van der Waals surface area contributed by atoms with E-state index in [-0.39, 0.29) is 18.2 Å². The molecule has 3 rings (SSSR count). The summed E-state index contributed by atoms with van der Waals surface area (Å²) in [5.74, 6) is -0.339. The fourth-order valence-corrected chi connectivity index (χ4v) is 3.00. The van der Waals surface area contributed by atoms with Crippen LogP contribution in [0, 0.1) is 13.8 Å².